The summed E-state index contributed by atoms with van der Waals surface area (Å²) in [6.45, 7) is 2.77. The number of hydrogen-bond donors (Lipinski definition) is 1. The molecule has 76 valence electrons. The maximum atomic E-state index is 11.3. The first kappa shape index (κ1) is 10.7. The number of rotatable bonds is 2. The van der Waals surface area contributed by atoms with Gasteiger partial charge in [-0.3, -0.25) is 9.59 Å². The minimum atomic E-state index is -1.78. The Kier molecular flexibility index (Phi) is 2.57. The van der Waals surface area contributed by atoms with Crippen molar-refractivity contribution in [3.05, 3.63) is 23.5 Å². The van der Waals surface area contributed by atoms with Crippen molar-refractivity contribution in [3.63, 3.8) is 0 Å². The van der Waals surface area contributed by atoms with Crippen molar-refractivity contribution in [2.24, 2.45) is 0 Å². The molecular formula is C10H12O4. The third-order valence-corrected chi connectivity index (χ3v) is 2.29. The second-order valence-corrected chi connectivity index (χ2v) is 3.21. The van der Waals surface area contributed by atoms with Crippen molar-refractivity contribution in [2.75, 3.05) is 7.11 Å². The summed E-state index contributed by atoms with van der Waals surface area (Å²) in [5.41, 5.74) is -1.49. The fourth-order valence-electron chi connectivity index (χ4n) is 1.45. The molecule has 1 atom stereocenters. The summed E-state index contributed by atoms with van der Waals surface area (Å²) in [7, 11) is 1.31. The number of Topliss-reactive ketones (excluding diaryl/α,β-unsaturated/α-hetero) is 1. The normalized spacial score (nSPS) is 26.7. The van der Waals surface area contributed by atoms with Crippen molar-refractivity contribution in [3.8, 4) is 0 Å². The molecule has 0 aromatic rings. The summed E-state index contributed by atoms with van der Waals surface area (Å²) in [4.78, 5) is 22.4. The van der Waals surface area contributed by atoms with E-state index in [-0.39, 0.29) is 17.1 Å². The smallest absolute Gasteiger partial charge is 0.201 e. The van der Waals surface area contributed by atoms with Crippen LogP contribution in [0.2, 0.25) is 0 Å². The van der Waals surface area contributed by atoms with Gasteiger partial charge in [-0.15, -0.1) is 0 Å². The van der Waals surface area contributed by atoms with Crippen LogP contribution in [0, 0.1) is 0 Å². The zero-order chi connectivity index (χ0) is 10.9. The third-order valence-electron chi connectivity index (χ3n) is 2.29. The van der Waals surface area contributed by atoms with Gasteiger partial charge in [0.25, 0.3) is 0 Å². The van der Waals surface area contributed by atoms with Gasteiger partial charge < -0.3 is 9.84 Å². The molecule has 0 aliphatic heterocycles. The average Bonchev–Trinajstić information content (AvgIpc) is 2.10. The molecule has 0 aromatic carbocycles. The van der Waals surface area contributed by atoms with Gasteiger partial charge in [0.05, 0.1) is 7.11 Å². The largest absolute Gasteiger partial charge is 0.497 e. The number of hydrogen-bond acceptors (Lipinski definition) is 4. The Morgan fingerprint density at radius 3 is 2.50 bits per heavy atom. The maximum Gasteiger partial charge on any atom is 0.201 e. The van der Waals surface area contributed by atoms with Crippen molar-refractivity contribution in [2.45, 2.75) is 19.4 Å². The average molecular weight is 196 g/mol. The number of ketones is 2. The number of methoxy groups -OCH3 is 1. The quantitative estimate of drug-likeness (QED) is 0.692. The van der Waals surface area contributed by atoms with E-state index in [0.717, 1.165) is 6.08 Å². The second kappa shape index (κ2) is 3.38. The number of carbonyl (C=O) groups excluding carboxylic acids is 2. The molecule has 0 amide bonds. The first-order valence-electron chi connectivity index (χ1n) is 4.15. The van der Waals surface area contributed by atoms with E-state index < -0.39 is 11.4 Å². The first-order chi connectivity index (χ1) is 6.42. The summed E-state index contributed by atoms with van der Waals surface area (Å²) in [6.07, 6.45) is 2.35. The van der Waals surface area contributed by atoms with E-state index in [1.807, 2.05) is 0 Å². The molecule has 0 saturated heterocycles. The summed E-state index contributed by atoms with van der Waals surface area (Å²) in [5.74, 6) is -0.771. The van der Waals surface area contributed by atoms with Gasteiger partial charge in [0.2, 0.25) is 5.60 Å². The monoisotopic (exact) mass is 196 g/mol. The SMILES string of the molecule is COC1=CC(=O)C=C(C)[C@]1(O)C(C)=O. The van der Waals surface area contributed by atoms with Gasteiger partial charge in [-0.1, -0.05) is 0 Å². The Hall–Kier alpha value is -1.42. The van der Waals surface area contributed by atoms with Gasteiger partial charge in [0, 0.05) is 6.08 Å². The highest BCUT2D eigenvalue weighted by Crippen LogP contribution is 2.30. The standard InChI is InChI=1S/C10H12O4/c1-6-4-8(12)5-9(14-3)10(6,13)7(2)11/h4-5,13H,1-3H3/t10-/m0/s1. The maximum absolute atomic E-state index is 11.3. The number of carbonyl (C=O) groups is 2. The van der Waals surface area contributed by atoms with E-state index in [9.17, 15) is 14.7 Å². The number of aliphatic hydroxyl groups is 1. The van der Waals surface area contributed by atoms with Crippen LogP contribution >= 0.6 is 0 Å². The van der Waals surface area contributed by atoms with Crippen LogP contribution in [0.25, 0.3) is 0 Å². The van der Waals surface area contributed by atoms with E-state index >= 15 is 0 Å². The molecule has 4 heteroatoms. The van der Waals surface area contributed by atoms with Crippen LogP contribution in [-0.2, 0) is 14.3 Å². The molecule has 0 aromatic heterocycles. The van der Waals surface area contributed by atoms with Gasteiger partial charge in [-0.05, 0) is 25.5 Å². The van der Waals surface area contributed by atoms with Gasteiger partial charge in [-0.2, -0.15) is 0 Å². The van der Waals surface area contributed by atoms with Crippen LogP contribution in [0.5, 0.6) is 0 Å². The highest BCUT2D eigenvalue weighted by molar-refractivity contribution is 6.06. The van der Waals surface area contributed by atoms with Crippen LogP contribution in [-0.4, -0.2) is 29.4 Å². The second-order valence-electron chi connectivity index (χ2n) is 3.21. The lowest BCUT2D eigenvalue weighted by molar-refractivity contribution is -0.131. The van der Waals surface area contributed by atoms with E-state index in [4.69, 9.17) is 4.74 Å². The van der Waals surface area contributed by atoms with Gasteiger partial charge in [0.1, 0.15) is 5.76 Å². The predicted octanol–water partition coefficient (Wildman–Crippen LogP) is 0.366. The van der Waals surface area contributed by atoms with Gasteiger partial charge >= 0.3 is 0 Å². The molecule has 1 rings (SSSR count). The molecule has 0 fully saturated rings. The molecule has 0 unspecified atom stereocenters. The topological polar surface area (TPSA) is 63.6 Å². The number of allylic oxidation sites excluding steroid dienone is 2. The van der Waals surface area contributed by atoms with Crippen LogP contribution in [0.1, 0.15) is 13.8 Å². The Bertz CT molecular complexity index is 351. The highest BCUT2D eigenvalue weighted by Gasteiger charge is 2.42. The fourth-order valence-corrected chi connectivity index (χ4v) is 1.45. The van der Waals surface area contributed by atoms with Gasteiger partial charge in [-0.25, -0.2) is 0 Å². The predicted molar refractivity (Wildman–Crippen MR) is 49.5 cm³/mol. The van der Waals surface area contributed by atoms with Crippen LogP contribution < -0.4 is 0 Å². The molecule has 1 N–H and O–H groups in total. The van der Waals surface area contributed by atoms with Crippen molar-refractivity contribution < 1.29 is 19.4 Å². The third kappa shape index (κ3) is 1.37. The summed E-state index contributed by atoms with van der Waals surface area (Å²) in [5, 5.41) is 10.0. The summed E-state index contributed by atoms with van der Waals surface area (Å²) >= 11 is 0. The Balaban J connectivity index is 3.28. The summed E-state index contributed by atoms with van der Waals surface area (Å²) < 4.78 is 4.84. The van der Waals surface area contributed by atoms with E-state index in [2.05, 4.69) is 0 Å². The van der Waals surface area contributed by atoms with E-state index in [0.29, 0.717) is 0 Å². The molecule has 14 heavy (non-hydrogen) atoms. The molecular weight excluding hydrogens is 184 g/mol. The van der Waals surface area contributed by atoms with E-state index in [1.54, 1.807) is 0 Å². The molecule has 1 aliphatic carbocycles. The fraction of sp³-hybridized carbons (Fsp3) is 0.400. The minimum Gasteiger partial charge on any atom is -0.497 e. The molecule has 0 heterocycles. The molecule has 0 saturated carbocycles. The Labute approximate surface area is 81.9 Å². The lowest BCUT2D eigenvalue weighted by Crippen LogP contribution is -2.43. The zero-order valence-electron chi connectivity index (χ0n) is 8.33. The zero-order valence-corrected chi connectivity index (χ0v) is 8.33. The Morgan fingerprint density at radius 2 is 2.07 bits per heavy atom. The molecule has 0 radical (unpaired) electrons. The lowest BCUT2D eigenvalue weighted by Gasteiger charge is -2.29. The molecule has 1 aliphatic rings. The highest BCUT2D eigenvalue weighted by atomic mass is 16.5. The van der Waals surface area contributed by atoms with Gasteiger partial charge in [0.15, 0.2) is 11.6 Å². The minimum absolute atomic E-state index is 0.0185. The van der Waals surface area contributed by atoms with Crippen molar-refractivity contribution >= 4 is 11.6 Å². The lowest BCUT2D eigenvalue weighted by atomic mass is 9.84. The Morgan fingerprint density at radius 1 is 1.50 bits per heavy atom. The molecule has 4 nitrogen and oxygen atoms in total. The molecule has 0 spiro atoms. The van der Waals surface area contributed by atoms with Crippen LogP contribution in [0.3, 0.4) is 0 Å². The summed E-state index contributed by atoms with van der Waals surface area (Å²) in [6, 6.07) is 0. The van der Waals surface area contributed by atoms with Crippen LogP contribution in [0.4, 0.5) is 0 Å². The first-order valence-corrected chi connectivity index (χ1v) is 4.15. The van der Waals surface area contributed by atoms with Crippen LogP contribution in [0.15, 0.2) is 23.5 Å². The van der Waals surface area contributed by atoms with Crippen molar-refractivity contribution in [1.29, 1.82) is 0 Å². The molecule has 0 bridgehead atoms. The van der Waals surface area contributed by atoms with E-state index in [1.165, 1.54) is 27.0 Å². The number of ether oxygens (including phenoxy) is 1. The van der Waals surface area contributed by atoms with Crippen molar-refractivity contribution in [1.82, 2.24) is 0 Å².